The minimum absolute atomic E-state index is 0.350. The fourth-order valence-corrected chi connectivity index (χ4v) is 3.01. The summed E-state index contributed by atoms with van der Waals surface area (Å²) in [5, 5.41) is 2.41. The molecule has 2 N–H and O–H groups in total. The molecule has 23 heavy (non-hydrogen) atoms. The van der Waals surface area contributed by atoms with Crippen molar-refractivity contribution in [1.29, 1.82) is 0 Å². The van der Waals surface area contributed by atoms with Crippen LogP contribution in [0.2, 0.25) is 0 Å². The normalized spacial score (nSPS) is 14.4. The molecule has 1 heterocycles. The third-order valence-electron chi connectivity index (χ3n) is 4.44. The van der Waals surface area contributed by atoms with E-state index in [-0.39, 0.29) is 0 Å². The van der Waals surface area contributed by atoms with Gasteiger partial charge in [0.05, 0.1) is 19.7 Å². The Morgan fingerprint density at radius 3 is 2.70 bits per heavy atom. The lowest BCUT2D eigenvalue weighted by Gasteiger charge is -2.18. The van der Waals surface area contributed by atoms with Gasteiger partial charge < -0.3 is 19.5 Å². The Balaban J connectivity index is 1.88. The van der Waals surface area contributed by atoms with Gasteiger partial charge in [0.2, 0.25) is 6.79 Å². The zero-order valence-corrected chi connectivity index (χ0v) is 14.8. The van der Waals surface area contributed by atoms with Crippen LogP contribution in [0.5, 0.6) is 11.5 Å². The fourth-order valence-electron chi connectivity index (χ4n) is 3.01. The molecule has 0 bridgehead atoms. The van der Waals surface area contributed by atoms with Crippen LogP contribution in [0.3, 0.4) is 0 Å². The summed E-state index contributed by atoms with van der Waals surface area (Å²) in [5.41, 5.74) is 1.39. The van der Waals surface area contributed by atoms with Gasteiger partial charge in [-0.2, -0.15) is 0 Å². The summed E-state index contributed by atoms with van der Waals surface area (Å²) in [4.78, 5) is 0. The lowest BCUT2D eigenvalue weighted by atomic mass is 9.88. The fraction of sp³-hybridized carbons (Fsp3) is 0.684. The molecular weight excluding hydrogens is 290 g/mol. The SMILES string of the molecule is COCCC[NH2+]CC[C@@H](CCC(C)C)c1ccc2c(c1)OCO2. The van der Waals surface area contributed by atoms with E-state index in [2.05, 4.69) is 37.4 Å². The molecule has 130 valence electrons. The Hall–Kier alpha value is -1.26. The molecule has 1 aromatic rings. The van der Waals surface area contributed by atoms with Crippen molar-refractivity contribution < 1.29 is 19.5 Å². The maximum atomic E-state index is 5.54. The van der Waals surface area contributed by atoms with Crippen LogP contribution in [0, 0.1) is 5.92 Å². The molecule has 0 radical (unpaired) electrons. The van der Waals surface area contributed by atoms with Crippen LogP contribution in [0.4, 0.5) is 0 Å². The lowest BCUT2D eigenvalue weighted by molar-refractivity contribution is -0.655. The Morgan fingerprint density at radius 1 is 1.09 bits per heavy atom. The number of rotatable bonds is 11. The van der Waals surface area contributed by atoms with Crippen LogP contribution in [-0.4, -0.2) is 33.6 Å². The zero-order chi connectivity index (χ0) is 16.5. The molecule has 0 spiro atoms. The standard InChI is InChI=1S/C19H31NO3/c1-15(2)5-6-16(9-11-20-10-4-12-21-3)17-7-8-18-19(13-17)23-14-22-18/h7-8,13,15-16,20H,4-6,9-12,14H2,1-3H3/p+1/t16-/m1/s1. The van der Waals surface area contributed by atoms with E-state index in [0.29, 0.717) is 12.7 Å². The number of nitrogens with two attached hydrogens (primary N) is 1. The Labute approximate surface area is 140 Å². The molecular formula is C19H32NO3+. The molecule has 2 rings (SSSR count). The Bertz CT molecular complexity index is 462. The molecule has 1 aliphatic rings. The molecule has 0 amide bonds. The number of methoxy groups -OCH3 is 1. The quantitative estimate of drug-likeness (QED) is 0.637. The topological polar surface area (TPSA) is 44.3 Å². The van der Waals surface area contributed by atoms with Crippen LogP contribution >= 0.6 is 0 Å². The van der Waals surface area contributed by atoms with Gasteiger partial charge >= 0.3 is 0 Å². The molecule has 0 aromatic heterocycles. The third-order valence-corrected chi connectivity index (χ3v) is 4.44. The summed E-state index contributed by atoms with van der Waals surface area (Å²) in [6.45, 7) is 8.12. The molecule has 1 atom stereocenters. The van der Waals surface area contributed by atoms with Gasteiger partial charge in [0.25, 0.3) is 0 Å². The third kappa shape index (κ3) is 6.04. The van der Waals surface area contributed by atoms with Crippen molar-refractivity contribution in [3.8, 4) is 11.5 Å². The highest BCUT2D eigenvalue weighted by molar-refractivity contribution is 5.45. The minimum Gasteiger partial charge on any atom is -0.454 e. The molecule has 4 nitrogen and oxygen atoms in total. The van der Waals surface area contributed by atoms with Crippen molar-refractivity contribution in [1.82, 2.24) is 0 Å². The van der Waals surface area contributed by atoms with Crippen molar-refractivity contribution in [2.24, 2.45) is 5.92 Å². The largest absolute Gasteiger partial charge is 0.454 e. The molecule has 1 aliphatic heterocycles. The van der Waals surface area contributed by atoms with Crippen LogP contribution in [-0.2, 0) is 4.74 Å². The summed E-state index contributed by atoms with van der Waals surface area (Å²) in [6, 6.07) is 6.45. The maximum absolute atomic E-state index is 5.54. The molecule has 0 saturated heterocycles. The van der Waals surface area contributed by atoms with Gasteiger partial charge in [-0.15, -0.1) is 0 Å². The summed E-state index contributed by atoms with van der Waals surface area (Å²) in [5.74, 6) is 3.13. The summed E-state index contributed by atoms with van der Waals surface area (Å²) in [6.07, 6.45) is 4.84. The highest BCUT2D eigenvalue weighted by Gasteiger charge is 2.18. The van der Waals surface area contributed by atoms with Crippen molar-refractivity contribution in [3.63, 3.8) is 0 Å². The van der Waals surface area contributed by atoms with E-state index in [4.69, 9.17) is 14.2 Å². The zero-order valence-electron chi connectivity index (χ0n) is 14.8. The minimum atomic E-state index is 0.350. The summed E-state index contributed by atoms with van der Waals surface area (Å²) in [7, 11) is 1.77. The van der Waals surface area contributed by atoms with E-state index in [9.17, 15) is 0 Å². The number of benzene rings is 1. The summed E-state index contributed by atoms with van der Waals surface area (Å²) < 4.78 is 16.1. The van der Waals surface area contributed by atoms with E-state index in [0.717, 1.165) is 37.0 Å². The number of quaternary nitrogens is 1. The van der Waals surface area contributed by atoms with Crippen molar-refractivity contribution in [2.45, 2.75) is 45.4 Å². The summed E-state index contributed by atoms with van der Waals surface area (Å²) >= 11 is 0. The van der Waals surface area contributed by atoms with Crippen LogP contribution < -0.4 is 14.8 Å². The van der Waals surface area contributed by atoms with Crippen molar-refractivity contribution >= 4 is 0 Å². The van der Waals surface area contributed by atoms with Crippen molar-refractivity contribution in [2.75, 3.05) is 33.6 Å². The van der Waals surface area contributed by atoms with Gasteiger partial charge in [0, 0.05) is 20.0 Å². The molecule has 0 unspecified atom stereocenters. The second kappa shape index (κ2) is 9.78. The van der Waals surface area contributed by atoms with E-state index in [1.54, 1.807) is 7.11 Å². The second-order valence-corrected chi connectivity index (χ2v) is 6.78. The van der Waals surface area contributed by atoms with E-state index in [1.807, 2.05) is 0 Å². The number of hydrogen-bond acceptors (Lipinski definition) is 3. The van der Waals surface area contributed by atoms with Gasteiger partial charge in [-0.3, -0.25) is 0 Å². The van der Waals surface area contributed by atoms with Gasteiger partial charge in [-0.1, -0.05) is 26.3 Å². The predicted molar refractivity (Wildman–Crippen MR) is 92.1 cm³/mol. The van der Waals surface area contributed by atoms with Crippen molar-refractivity contribution in [3.05, 3.63) is 23.8 Å². The molecule has 1 aromatic carbocycles. The van der Waals surface area contributed by atoms with Gasteiger partial charge in [0.15, 0.2) is 11.5 Å². The first-order chi connectivity index (χ1) is 11.2. The first-order valence-corrected chi connectivity index (χ1v) is 8.91. The molecule has 4 heteroatoms. The first kappa shape index (κ1) is 18.1. The highest BCUT2D eigenvalue weighted by atomic mass is 16.7. The number of fused-ring (bicyclic) bond motifs is 1. The van der Waals surface area contributed by atoms with E-state index in [1.165, 1.54) is 31.4 Å². The Kier molecular flexibility index (Phi) is 7.69. The van der Waals surface area contributed by atoms with Crippen LogP contribution in [0.15, 0.2) is 18.2 Å². The Morgan fingerprint density at radius 2 is 1.91 bits per heavy atom. The van der Waals surface area contributed by atoms with Gasteiger partial charge in [0.1, 0.15) is 0 Å². The molecule has 0 fully saturated rings. The predicted octanol–water partition coefficient (Wildman–Crippen LogP) is 2.93. The molecule has 0 saturated carbocycles. The average molecular weight is 322 g/mol. The molecule has 0 aliphatic carbocycles. The van der Waals surface area contributed by atoms with E-state index >= 15 is 0 Å². The van der Waals surface area contributed by atoms with E-state index < -0.39 is 0 Å². The highest BCUT2D eigenvalue weighted by Crippen LogP contribution is 2.36. The average Bonchev–Trinajstić information content (AvgIpc) is 3.00. The van der Waals surface area contributed by atoms with Gasteiger partial charge in [-0.25, -0.2) is 0 Å². The second-order valence-electron chi connectivity index (χ2n) is 6.78. The monoisotopic (exact) mass is 322 g/mol. The van der Waals surface area contributed by atoms with Crippen LogP contribution in [0.25, 0.3) is 0 Å². The van der Waals surface area contributed by atoms with Crippen LogP contribution in [0.1, 0.15) is 51.0 Å². The smallest absolute Gasteiger partial charge is 0.231 e. The first-order valence-electron chi connectivity index (χ1n) is 8.91. The maximum Gasteiger partial charge on any atom is 0.231 e. The number of hydrogen-bond donors (Lipinski definition) is 1. The lowest BCUT2D eigenvalue weighted by Crippen LogP contribution is -2.84. The number of ether oxygens (including phenoxy) is 3. The van der Waals surface area contributed by atoms with Gasteiger partial charge in [-0.05, 0) is 36.0 Å².